The molecule has 0 aliphatic carbocycles. The summed E-state index contributed by atoms with van der Waals surface area (Å²) in [5, 5.41) is 0. The number of hydrogen-bond donors (Lipinski definition) is 1. The van der Waals surface area contributed by atoms with E-state index in [1.54, 1.807) is 13.0 Å². The van der Waals surface area contributed by atoms with Crippen LogP contribution in [0.5, 0.6) is 0 Å². The van der Waals surface area contributed by atoms with Crippen LogP contribution < -0.4 is 5.73 Å². The van der Waals surface area contributed by atoms with Crippen molar-refractivity contribution in [3.05, 3.63) is 33.8 Å². The second kappa shape index (κ2) is 4.03. The second-order valence-corrected chi connectivity index (χ2v) is 3.97. The highest BCUT2D eigenvalue weighted by molar-refractivity contribution is 9.10. The Labute approximate surface area is 86.3 Å². The minimum Gasteiger partial charge on any atom is -0.321 e. The van der Waals surface area contributed by atoms with E-state index in [9.17, 15) is 4.79 Å². The van der Waals surface area contributed by atoms with Crippen LogP contribution in [0.3, 0.4) is 0 Å². The molecule has 3 heteroatoms. The SMILES string of the molecule is Cc1cc(C(=O)C(C)N)ccc1Br. The number of carbonyl (C=O) groups is 1. The van der Waals surface area contributed by atoms with Gasteiger partial charge in [0.15, 0.2) is 5.78 Å². The second-order valence-electron chi connectivity index (χ2n) is 3.12. The number of aryl methyl sites for hydroxylation is 1. The highest BCUT2D eigenvalue weighted by Crippen LogP contribution is 2.17. The van der Waals surface area contributed by atoms with Gasteiger partial charge >= 0.3 is 0 Å². The van der Waals surface area contributed by atoms with Gasteiger partial charge in [0.25, 0.3) is 0 Å². The van der Waals surface area contributed by atoms with Crippen molar-refractivity contribution in [3.63, 3.8) is 0 Å². The summed E-state index contributed by atoms with van der Waals surface area (Å²) in [6.45, 7) is 3.64. The van der Waals surface area contributed by atoms with Gasteiger partial charge in [-0.05, 0) is 31.5 Å². The lowest BCUT2D eigenvalue weighted by Gasteiger charge is -2.05. The Hall–Kier alpha value is -0.670. The van der Waals surface area contributed by atoms with Gasteiger partial charge in [-0.25, -0.2) is 0 Å². The van der Waals surface area contributed by atoms with E-state index in [0.29, 0.717) is 5.56 Å². The first-order chi connectivity index (χ1) is 6.02. The molecule has 0 fully saturated rings. The van der Waals surface area contributed by atoms with Crippen LogP contribution in [0.2, 0.25) is 0 Å². The Morgan fingerprint density at radius 3 is 2.62 bits per heavy atom. The topological polar surface area (TPSA) is 43.1 Å². The number of Topliss-reactive ketones (excluding diaryl/α,β-unsaturated/α-hetero) is 1. The number of hydrogen-bond acceptors (Lipinski definition) is 2. The first kappa shape index (κ1) is 10.4. The first-order valence-electron chi connectivity index (χ1n) is 4.08. The Bertz CT molecular complexity index is 334. The lowest BCUT2D eigenvalue weighted by atomic mass is 10.0. The Balaban J connectivity index is 3.04. The third-order valence-corrected chi connectivity index (χ3v) is 2.75. The van der Waals surface area contributed by atoms with E-state index >= 15 is 0 Å². The van der Waals surface area contributed by atoms with Gasteiger partial charge in [0, 0.05) is 10.0 Å². The summed E-state index contributed by atoms with van der Waals surface area (Å²) in [5.41, 5.74) is 7.22. The number of carbonyl (C=O) groups excluding carboxylic acids is 1. The van der Waals surface area contributed by atoms with Crippen LogP contribution in [0, 0.1) is 6.92 Å². The Morgan fingerprint density at radius 1 is 1.54 bits per heavy atom. The van der Waals surface area contributed by atoms with Gasteiger partial charge in [0.2, 0.25) is 0 Å². The summed E-state index contributed by atoms with van der Waals surface area (Å²) < 4.78 is 1.01. The predicted molar refractivity (Wildman–Crippen MR) is 56.9 cm³/mol. The summed E-state index contributed by atoms with van der Waals surface area (Å²) in [7, 11) is 0. The summed E-state index contributed by atoms with van der Waals surface area (Å²) in [6, 6.07) is 5.06. The van der Waals surface area contributed by atoms with Crippen molar-refractivity contribution in [1.29, 1.82) is 0 Å². The van der Waals surface area contributed by atoms with Crippen LogP contribution in [-0.2, 0) is 0 Å². The molecule has 1 aromatic rings. The van der Waals surface area contributed by atoms with Crippen LogP contribution in [0.25, 0.3) is 0 Å². The fraction of sp³-hybridized carbons (Fsp3) is 0.300. The van der Waals surface area contributed by atoms with Crippen molar-refractivity contribution in [3.8, 4) is 0 Å². The minimum absolute atomic E-state index is 0.0180. The van der Waals surface area contributed by atoms with Crippen molar-refractivity contribution in [2.24, 2.45) is 5.73 Å². The van der Waals surface area contributed by atoms with Crippen molar-refractivity contribution in [2.75, 3.05) is 0 Å². The molecule has 2 N–H and O–H groups in total. The summed E-state index contributed by atoms with van der Waals surface area (Å²) in [6.07, 6.45) is 0. The molecule has 2 nitrogen and oxygen atoms in total. The molecule has 70 valence electrons. The Morgan fingerprint density at radius 2 is 2.15 bits per heavy atom. The van der Waals surface area contributed by atoms with Gasteiger partial charge in [-0.3, -0.25) is 4.79 Å². The molecule has 1 aromatic carbocycles. The zero-order valence-corrected chi connectivity index (χ0v) is 9.26. The van der Waals surface area contributed by atoms with Crippen LogP contribution in [0.1, 0.15) is 22.8 Å². The van der Waals surface area contributed by atoms with E-state index in [-0.39, 0.29) is 5.78 Å². The monoisotopic (exact) mass is 241 g/mol. The molecule has 0 spiro atoms. The van der Waals surface area contributed by atoms with Gasteiger partial charge in [0.1, 0.15) is 0 Å². The van der Waals surface area contributed by atoms with Crippen molar-refractivity contribution >= 4 is 21.7 Å². The average Bonchev–Trinajstić information content (AvgIpc) is 2.08. The van der Waals surface area contributed by atoms with Crippen LogP contribution in [0.4, 0.5) is 0 Å². The molecule has 1 unspecified atom stereocenters. The molecule has 0 radical (unpaired) electrons. The van der Waals surface area contributed by atoms with E-state index < -0.39 is 6.04 Å². The molecule has 0 saturated heterocycles. The third-order valence-electron chi connectivity index (χ3n) is 1.86. The molecule has 13 heavy (non-hydrogen) atoms. The van der Waals surface area contributed by atoms with E-state index in [4.69, 9.17) is 5.73 Å². The zero-order chi connectivity index (χ0) is 10.0. The summed E-state index contributed by atoms with van der Waals surface area (Å²) in [5.74, 6) is -0.0180. The third kappa shape index (κ3) is 2.39. The molecule has 0 saturated carbocycles. The fourth-order valence-corrected chi connectivity index (χ4v) is 1.31. The number of halogens is 1. The van der Waals surface area contributed by atoms with Crippen molar-refractivity contribution < 1.29 is 4.79 Å². The maximum atomic E-state index is 11.5. The van der Waals surface area contributed by atoms with E-state index in [2.05, 4.69) is 15.9 Å². The molecule has 1 rings (SSSR count). The molecule has 0 amide bonds. The smallest absolute Gasteiger partial charge is 0.179 e. The van der Waals surface area contributed by atoms with Crippen LogP contribution in [-0.4, -0.2) is 11.8 Å². The van der Waals surface area contributed by atoms with Gasteiger partial charge in [-0.2, -0.15) is 0 Å². The highest BCUT2D eigenvalue weighted by Gasteiger charge is 2.10. The average molecular weight is 242 g/mol. The lowest BCUT2D eigenvalue weighted by Crippen LogP contribution is -2.26. The molecular formula is C10H12BrNO. The zero-order valence-electron chi connectivity index (χ0n) is 7.67. The molecule has 0 aliphatic rings. The van der Waals surface area contributed by atoms with Gasteiger partial charge in [-0.1, -0.05) is 22.0 Å². The van der Waals surface area contributed by atoms with E-state index in [1.807, 2.05) is 19.1 Å². The molecule has 0 aromatic heterocycles. The Kier molecular flexibility index (Phi) is 3.22. The quantitative estimate of drug-likeness (QED) is 0.808. The van der Waals surface area contributed by atoms with Gasteiger partial charge in [0.05, 0.1) is 6.04 Å². The number of ketones is 1. The lowest BCUT2D eigenvalue weighted by molar-refractivity contribution is 0.0968. The number of rotatable bonds is 2. The number of nitrogens with two attached hydrogens (primary N) is 1. The first-order valence-corrected chi connectivity index (χ1v) is 4.87. The molecule has 1 atom stereocenters. The molecule has 0 aliphatic heterocycles. The maximum Gasteiger partial charge on any atom is 0.179 e. The van der Waals surface area contributed by atoms with Crippen molar-refractivity contribution in [1.82, 2.24) is 0 Å². The standard InChI is InChI=1S/C10H12BrNO/c1-6-5-8(3-4-9(6)11)10(13)7(2)12/h3-5,7H,12H2,1-2H3. The van der Waals surface area contributed by atoms with Gasteiger partial charge in [-0.15, -0.1) is 0 Å². The molecule has 0 heterocycles. The fourth-order valence-electron chi connectivity index (χ4n) is 1.06. The van der Waals surface area contributed by atoms with Crippen molar-refractivity contribution in [2.45, 2.75) is 19.9 Å². The van der Waals surface area contributed by atoms with Gasteiger partial charge < -0.3 is 5.73 Å². The van der Waals surface area contributed by atoms with Crippen LogP contribution in [0.15, 0.2) is 22.7 Å². The predicted octanol–water partition coefficient (Wildman–Crippen LogP) is 2.29. The molecule has 0 bridgehead atoms. The van der Waals surface area contributed by atoms with E-state index in [1.165, 1.54) is 0 Å². The van der Waals surface area contributed by atoms with Crippen LogP contribution >= 0.6 is 15.9 Å². The summed E-state index contributed by atoms with van der Waals surface area (Å²) >= 11 is 3.37. The largest absolute Gasteiger partial charge is 0.321 e. The minimum atomic E-state index is -0.430. The normalized spacial score (nSPS) is 12.6. The number of benzene rings is 1. The van der Waals surface area contributed by atoms with E-state index in [0.717, 1.165) is 10.0 Å². The molecular weight excluding hydrogens is 230 g/mol. The summed E-state index contributed by atoms with van der Waals surface area (Å²) in [4.78, 5) is 11.5. The highest BCUT2D eigenvalue weighted by atomic mass is 79.9. The maximum absolute atomic E-state index is 11.5.